The van der Waals surface area contributed by atoms with E-state index in [2.05, 4.69) is 26.6 Å². The summed E-state index contributed by atoms with van der Waals surface area (Å²) in [5.41, 5.74) is -1.41. The average Bonchev–Trinajstić information content (AvgIpc) is 3.74. The predicted molar refractivity (Wildman–Crippen MR) is 201 cm³/mol. The Bertz CT molecular complexity index is 1620. The van der Waals surface area contributed by atoms with Crippen LogP contribution in [0.5, 0.6) is 0 Å². The summed E-state index contributed by atoms with van der Waals surface area (Å²) in [4.78, 5) is 63.9. The van der Waals surface area contributed by atoms with Gasteiger partial charge in [0.05, 0.1) is 36.6 Å². The number of sulfonamides is 1. The molecule has 17 heteroatoms. The maximum atomic E-state index is 13.3. The van der Waals surface area contributed by atoms with E-state index < -0.39 is 38.5 Å². The number of amides is 7. The van der Waals surface area contributed by atoms with Crippen molar-refractivity contribution >= 4 is 51.6 Å². The Kier molecular flexibility index (Phi) is 13.0. The molecule has 0 aliphatic carbocycles. The van der Waals surface area contributed by atoms with Gasteiger partial charge in [-0.05, 0) is 45.1 Å². The van der Waals surface area contributed by atoms with Crippen molar-refractivity contribution in [2.24, 2.45) is 5.41 Å². The smallest absolute Gasteiger partial charge is 0.325 e. The van der Waals surface area contributed by atoms with Gasteiger partial charge in [-0.3, -0.25) is 19.3 Å². The molecule has 0 radical (unpaired) electrons. The van der Waals surface area contributed by atoms with Crippen molar-refractivity contribution in [2.75, 3.05) is 44.3 Å². The number of fused-ring (bicyclic) bond motifs is 1. The number of imide groups is 1. The van der Waals surface area contributed by atoms with Gasteiger partial charge in [0, 0.05) is 55.4 Å². The first-order valence-electron chi connectivity index (χ1n) is 18.5. The number of carbonyl (C=O) groups excluding carboxylic acids is 5. The quantitative estimate of drug-likeness (QED) is 0.0843. The predicted octanol–water partition coefficient (Wildman–Crippen LogP) is 2.07. The first-order chi connectivity index (χ1) is 25.0. The number of hydrogen-bond acceptors (Lipinski definition) is 9. The SMILES string of the molecule is CC(C)(CNC(=O)CCS(=O)(=O)N1CCC2(CC1)NC(=O)N(Cc1ccccc1)C2=O)COC(C)(C)CNC(=O)CCCC[C@@H]1SC[C@@H]2NC(=O)N[C@@H]21. The van der Waals surface area contributed by atoms with Gasteiger partial charge in [-0.25, -0.2) is 22.3 Å². The molecule has 0 saturated carbocycles. The van der Waals surface area contributed by atoms with Crippen molar-refractivity contribution in [3.63, 3.8) is 0 Å². The highest BCUT2D eigenvalue weighted by atomic mass is 32.2. The molecule has 15 nitrogen and oxygen atoms in total. The maximum Gasteiger partial charge on any atom is 0.325 e. The van der Waals surface area contributed by atoms with E-state index in [1.165, 1.54) is 9.21 Å². The molecule has 4 saturated heterocycles. The molecule has 5 rings (SSSR count). The van der Waals surface area contributed by atoms with Gasteiger partial charge in [0.15, 0.2) is 0 Å². The minimum absolute atomic E-state index is 0.0377. The van der Waals surface area contributed by atoms with Crippen molar-refractivity contribution in [2.45, 2.75) is 108 Å². The van der Waals surface area contributed by atoms with Crippen LogP contribution in [0.4, 0.5) is 9.59 Å². The van der Waals surface area contributed by atoms with Gasteiger partial charge in [0.1, 0.15) is 5.54 Å². The Hall–Kier alpha value is -3.41. The van der Waals surface area contributed by atoms with Crippen molar-refractivity contribution in [3.05, 3.63) is 35.9 Å². The lowest BCUT2D eigenvalue weighted by Gasteiger charge is -2.36. The molecule has 1 aromatic carbocycles. The average molecular weight is 778 g/mol. The van der Waals surface area contributed by atoms with Gasteiger partial charge in [-0.1, -0.05) is 50.6 Å². The van der Waals surface area contributed by atoms with E-state index in [1.54, 1.807) is 0 Å². The van der Waals surface area contributed by atoms with Crippen LogP contribution in [-0.4, -0.2) is 120 Å². The summed E-state index contributed by atoms with van der Waals surface area (Å²) in [6, 6.07) is 9.00. The summed E-state index contributed by atoms with van der Waals surface area (Å²) in [5, 5.41) is 14.9. The minimum Gasteiger partial charge on any atom is -0.373 e. The lowest BCUT2D eigenvalue weighted by molar-refractivity contribution is -0.133. The number of hydrogen-bond donors (Lipinski definition) is 5. The Labute approximate surface area is 316 Å². The number of ether oxygens (including phenoxy) is 1. The van der Waals surface area contributed by atoms with Crippen LogP contribution in [0, 0.1) is 5.41 Å². The van der Waals surface area contributed by atoms with E-state index in [0.29, 0.717) is 24.8 Å². The lowest BCUT2D eigenvalue weighted by atomic mass is 9.88. The Morgan fingerprint density at radius 1 is 0.962 bits per heavy atom. The van der Waals surface area contributed by atoms with E-state index in [-0.39, 0.29) is 81.1 Å². The van der Waals surface area contributed by atoms with E-state index >= 15 is 0 Å². The van der Waals surface area contributed by atoms with Crippen molar-refractivity contribution in [1.82, 2.24) is 35.8 Å². The molecule has 294 valence electrons. The third-order valence-electron chi connectivity index (χ3n) is 10.4. The fourth-order valence-corrected chi connectivity index (χ4v) is 10.00. The zero-order valence-corrected chi connectivity index (χ0v) is 32.8. The highest BCUT2D eigenvalue weighted by molar-refractivity contribution is 8.00. The number of carbonyl (C=O) groups is 5. The van der Waals surface area contributed by atoms with E-state index in [0.717, 1.165) is 30.6 Å². The third kappa shape index (κ3) is 10.9. The van der Waals surface area contributed by atoms with Crippen molar-refractivity contribution < 1.29 is 37.1 Å². The zero-order valence-electron chi connectivity index (χ0n) is 31.2. The van der Waals surface area contributed by atoms with Crippen LogP contribution < -0.4 is 26.6 Å². The molecular formula is C36H55N7O8S2. The fraction of sp³-hybridized carbons (Fsp3) is 0.694. The second kappa shape index (κ2) is 16.9. The molecule has 53 heavy (non-hydrogen) atoms. The number of rotatable bonds is 18. The third-order valence-corrected chi connectivity index (χ3v) is 13.8. The second-order valence-electron chi connectivity index (χ2n) is 16.0. The van der Waals surface area contributed by atoms with Gasteiger partial charge < -0.3 is 31.3 Å². The van der Waals surface area contributed by atoms with Gasteiger partial charge >= 0.3 is 12.1 Å². The first-order valence-corrected chi connectivity index (χ1v) is 21.2. The van der Waals surface area contributed by atoms with Crippen LogP contribution in [0.25, 0.3) is 0 Å². The lowest BCUT2D eigenvalue weighted by Crippen LogP contribution is -2.56. The van der Waals surface area contributed by atoms with E-state index in [1.807, 2.05) is 69.8 Å². The molecule has 4 aliphatic heterocycles. The number of unbranched alkanes of at least 4 members (excludes halogenated alkanes) is 1. The van der Waals surface area contributed by atoms with Crippen LogP contribution in [0.1, 0.15) is 78.2 Å². The molecule has 4 aliphatic rings. The van der Waals surface area contributed by atoms with Crippen LogP contribution in [0.15, 0.2) is 30.3 Å². The van der Waals surface area contributed by atoms with Crippen LogP contribution in [0.3, 0.4) is 0 Å². The number of thioether (sulfide) groups is 1. The Morgan fingerprint density at radius 2 is 1.64 bits per heavy atom. The summed E-state index contributed by atoms with van der Waals surface area (Å²) < 4.78 is 33.7. The van der Waals surface area contributed by atoms with Gasteiger partial charge in [0.25, 0.3) is 5.91 Å². The van der Waals surface area contributed by atoms with Crippen molar-refractivity contribution in [3.8, 4) is 0 Å². The monoisotopic (exact) mass is 777 g/mol. The topological polar surface area (TPSA) is 195 Å². The molecule has 4 fully saturated rings. The molecule has 7 amide bonds. The minimum atomic E-state index is -3.77. The van der Waals surface area contributed by atoms with Gasteiger partial charge in [-0.2, -0.15) is 11.8 Å². The molecule has 4 heterocycles. The summed E-state index contributed by atoms with van der Waals surface area (Å²) in [5.74, 6) is -0.229. The molecule has 0 bridgehead atoms. The molecular weight excluding hydrogens is 723 g/mol. The Balaban J connectivity index is 0.948. The van der Waals surface area contributed by atoms with Gasteiger partial charge in [-0.15, -0.1) is 0 Å². The largest absolute Gasteiger partial charge is 0.373 e. The summed E-state index contributed by atoms with van der Waals surface area (Å²) >= 11 is 1.87. The van der Waals surface area contributed by atoms with E-state index in [4.69, 9.17) is 4.74 Å². The molecule has 1 aromatic rings. The van der Waals surface area contributed by atoms with Crippen LogP contribution in [0.2, 0.25) is 0 Å². The number of piperidine rings is 1. The summed E-state index contributed by atoms with van der Waals surface area (Å²) in [7, 11) is -3.77. The highest BCUT2D eigenvalue weighted by Gasteiger charge is 2.53. The first kappa shape index (κ1) is 40.8. The molecule has 0 aromatic heterocycles. The highest BCUT2D eigenvalue weighted by Crippen LogP contribution is 2.34. The fourth-order valence-electron chi connectivity index (χ4n) is 7.01. The molecule has 1 spiro atoms. The van der Waals surface area contributed by atoms with Gasteiger partial charge in [0.2, 0.25) is 21.8 Å². The molecule has 3 atom stereocenters. The van der Waals surface area contributed by atoms with Crippen LogP contribution in [-0.2, 0) is 35.7 Å². The number of benzene rings is 1. The Morgan fingerprint density at radius 3 is 2.36 bits per heavy atom. The normalized spacial score (nSPS) is 23.1. The molecule has 0 unspecified atom stereocenters. The number of nitrogens with zero attached hydrogens (tertiary/aromatic N) is 2. The summed E-state index contributed by atoms with van der Waals surface area (Å²) in [6.45, 7) is 8.83. The second-order valence-corrected chi connectivity index (χ2v) is 19.3. The van der Waals surface area contributed by atoms with E-state index in [9.17, 15) is 32.4 Å². The summed E-state index contributed by atoms with van der Waals surface area (Å²) in [6.07, 6.45) is 3.15. The van der Waals surface area contributed by atoms with Crippen molar-refractivity contribution in [1.29, 1.82) is 0 Å². The maximum absolute atomic E-state index is 13.3. The molecule has 5 N–H and O–H groups in total. The standard InChI is InChI=1S/C36H55N7O8S2/c1-34(2,24-51-35(3,4)23-38-28(44)13-9-8-12-27-30-26(21-52-27)39-32(47)40-30)22-37-29(45)14-19-53(49,50)42-17-15-36(16-18-42)31(46)43(33(48)41-36)20-25-10-6-5-7-11-25/h5-7,10-11,26-27,30H,8-9,12-24H2,1-4H3,(H,37,45)(H,38,44)(H,41,48)(H2,39,40,47)/t26-,27-,30-/m0/s1. The zero-order chi connectivity index (χ0) is 38.4. The number of urea groups is 2. The number of nitrogens with one attached hydrogen (secondary N) is 5. The van der Waals surface area contributed by atoms with Crippen LogP contribution >= 0.6 is 11.8 Å².